The quantitative estimate of drug-likeness (QED) is 0.420. The predicted octanol–water partition coefficient (Wildman–Crippen LogP) is 2.44. The maximum Gasteiger partial charge on any atom is 0.295 e. The number of ether oxygens (including phenoxy) is 1. The Morgan fingerprint density at radius 1 is 1.16 bits per heavy atom. The summed E-state index contributed by atoms with van der Waals surface area (Å²) >= 11 is 6.08. The lowest BCUT2D eigenvalue weighted by atomic mass is 9.94. The van der Waals surface area contributed by atoms with Crippen molar-refractivity contribution in [2.75, 3.05) is 39.4 Å². The molecule has 1 unspecified atom stereocenters. The van der Waals surface area contributed by atoms with Crippen LogP contribution in [-0.2, 0) is 21.4 Å². The lowest BCUT2D eigenvalue weighted by molar-refractivity contribution is -0.140. The number of halogens is 1. The number of morpholine rings is 1. The van der Waals surface area contributed by atoms with Gasteiger partial charge in [0.25, 0.3) is 11.7 Å². The average molecular weight is 459 g/mol. The lowest BCUT2D eigenvalue weighted by Crippen LogP contribution is -2.42. The molecule has 0 aliphatic carbocycles. The number of Topliss-reactive ketones (excluding diaryl/α,β-unsaturated/α-hetero) is 1. The van der Waals surface area contributed by atoms with Crippen molar-refractivity contribution >= 4 is 29.1 Å². The Kier molecular flexibility index (Phi) is 6.37. The molecule has 2 aliphatic rings. The smallest absolute Gasteiger partial charge is 0.295 e. The Hall–Kier alpha value is -2.68. The van der Waals surface area contributed by atoms with Gasteiger partial charge in [-0.1, -0.05) is 23.7 Å². The summed E-state index contributed by atoms with van der Waals surface area (Å²) < 4.78 is 7.04. The predicted molar refractivity (Wildman–Crippen MR) is 120 cm³/mol. The molecule has 1 N–H and O–H groups in total. The maximum absolute atomic E-state index is 13.2. The fourth-order valence-electron chi connectivity index (χ4n) is 4.43. The highest BCUT2D eigenvalue weighted by molar-refractivity contribution is 6.46. The molecule has 9 heteroatoms. The number of aliphatic hydroxyl groups is 1. The van der Waals surface area contributed by atoms with Crippen LogP contribution in [0.5, 0.6) is 0 Å². The monoisotopic (exact) mass is 458 g/mol. The van der Waals surface area contributed by atoms with Crippen molar-refractivity contribution in [3.63, 3.8) is 0 Å². The number of aromatic nitrogens is 2. The molecule has 1 amide bonds. The summed E-state index contributed by atoms with van der Waals surface area (Å²) in [5, 5.41) is 16.2. The van der Waals surface area contributed by atoms with Crippen LogP contribution < -0.4 is 0 Å². The van der Waals surface area contributed by atoms with E-state index in [0.717, 1.165) is 24.3 Å². The number of aryl methyl sites for hydroxylation is 2. The van der Waals surface area contributed by atoms with E-state index in [1.54, 1.807) is 47.8 Å². The Labute approximate surface area is 192 Å². The Morgan fingerprint density at radius 2 is 1.81 bits per heavy atom. The molecule has 3 heterocycles. The van der Waals surface area contributed by atoms with E-state index in [2.05, 4.69) is 10.00 Å². The van der Waals surface area contributed by atoms with Gasteiger partial charge in [-0.3, -0.25) is 19.2 Å². The standard InChI is InChI=1S/C23H27ClN4O4/c1-14-18(15(2)26(3)25-14)21(29)19-20(16-4-6-17(24)7-5-16)28(23(31)22(19)30)9-8-27-10-12-32-13-11-27/h4-7,20,29H,8-13H2,1-3H3. The molecule has 8 nitrogen and oxygen atoms in total. The van der Waals surface area contributed by atoms with E-state index in [0.29, 0.717) is 42.6 Å². The minimum atomic E-state index is -0.702. The molecule has 2 saturated heterocycles. The molecule has 2 aromatic rings. The molecule has 0 radical (unpaired) electrons. The number of aliphatic hydroxyl groups excluding tert-OH is 1. The zero-order valence-electron chi connectivity index (χ0n) is 18.5. The minimum absolute atomic E-state index is 0.0819. The fraction of sp³-hybridized carbons (Fsp3) is 0.435. The van der Waals surface area contributed by atoms with Crippen molar-refractivity contribution in [1.29, 1.82) is 0 Å². The van der Waals surface area contributed by atoms with Crippen LogP contribution in [-0.4, -0.2) is 75.8 Å². The van der Waals surface area contributed by atoms with Crippen LogP contribution in [0.15, 0.2) is 29.8 Å². The van der Waals surface area contributed by atoms with Gasteiger partial charge >= 0.3 is 0 Å². The Balaban J connectivity index is 1.77. The van der Waals surface area contributed by atoms with Gasteiger partial charge in [0.1, 0.15) is 5.76 Å². The van der Waals surface area contributed by atoms with Crippen LogP contribution >= 0.6 is 11.6 Å². The number of hydrogen-bond donors (Lipinski definition) is 1. The molecular formula is C23H27ClN4O4. The molecule has 1 aromatic heterocycles. The van der Waals surface area contributed by atoms with E-state index in [1.807, 2.05) is 6.92 Å². The molecule has 0 saturated carbocycles. The van der Waals surface area contributed by atoms with Crippen LogP contribution in [0.1, 0.15) is 28.6 Å². The second-order valence-electron chi connectivity index (χ2n) is 8.17. The van der Waals surface area contributed by atoms with Gasteiger partial charge < -0.3 is 14.7 Å². The summed E-state index contributed by atoms with van der Waals surface area (Å²) in [5.74, 6) is -1.49. The first-order valence-electron chi connectivity index (χ1n) is 10.6. The summed E-state index contributed by atoms with van der Waals surface area (Å²) in [5.41, 5.74) is 2.60. The van der Waals surface area contributed by atoms with E-state index in [4.69, 9.17) is 16.3 Å². The van der Waals surface area contributed by atoms with Gasteiger partial charge in [0, 0.05) is 43.9 Å². The molecule has 2 fully saturated rings. The van der Waals surface area contributed by atoms with Gasteiger partial charge in [-0.25, -0.2) is 0 Å². The van der Waals surface area contributed by atoms with E-state index >= 15 is 0 Å². The maximum atomic E-state index is 13.2. The zero-order chi connectivity index (χ0) is 23.0. The summed E-state index contributed by atoms with van der Waals surface area (Å²) in [7, 11) is 1.77. The first-order valence-corrected chi connectivity index (χ1v) is 11.0. The number of rotatable bonds is 5. The second kappa shape index (κ2) is 9.05. The van der Waals surface area contributed by atoms with Gasteiger partial charge in [-0.15, -0.1) is 0 Å². The van der Waals surface area contributed by atoms with Crippen molar-refractivity contribution in [1.82, 2.24) is 19.6 Å². The van der Waals surface area contributed by atoms with E-state index < -0.39 is 17.7 Å². The molecule has 2 aliphatic heterocycles. The number of nitrogens with zero attached hydrogens (tertiary/aromatic N) is 4. The number of amides is 1. The highest BCUT2D eigenvalue weighted by atomic mass is 35.5. The molecule has 1 aromatic carbocycles. The summed E-state index contributed by atoms with van der Waals surface area (Å²) in [6.07, 6.45) is 0. The van der Waals surface area contributed by atoms with Crippen LogP contribution in [0.3, 0.4) is 0 Å². The molecular weight excluding hydrogens is 432 g/mol. The third-order valence-electron chi connectivity index (χ3n) is 6.23. The SMILES string of the molecule is Cc1nn(C)c(C)c1C(O)=C1C(=O)C(=O)N(CCN2CCOCC2)C1c1ccc(Cl)cc1. The number of carbonyl (C=O) groups is 2. The van der Waals surface area contributed by atoms with Crippen molar-refractivity contribution < 1.29 is 19.4 Å². The topological polar surface area (TPSA) is 87.9 Å². The summed E-state index contributed by atoms with van der Waals surface area (Å²) in [4.78, 5) is 30.0. The Bertz CT molecular complexity index is 1070. The zero-order valence-corrected chi connectivity index (χ0v) is 19.2. The number of likely N-dealkylation sites (tertiary alicyclic amines) is 1. The van der Waals surface area contributed by atoms with Gasteiger partial charge in [-0.05, 0) is 31.5 Å². The molecule has 170 valence electrons. The Morgan fingerprint density at radius 3 is 2.41 bits per heavy atom. The molecule has 1 atom stereocenters. The molecule has 4 rings (SSSR count). The average Bonchev–Trinajstić information content (AvgIpc) is 3.18. The number of carbonyl (C=O) groups excluding carboxylic acids is 2. The van der Waals surface area contributed by atoms with Crippen molar-refractivity contribution in [3.8, 4) is 0 Å². The van der Waals surface area contributed by atoms with Crippen molar-refractivity contribution in [3.05, 3.63) is 57.4 Å². The minimum Gasteiger partial charge on any atom is -0.507 e. The van der Waals surface area contributed by atoms with Crippen LogP contribution in [0.25, 0.3) is 5.76 Å². The highest BCUT2D eigenvalue weighted by Gasteiger charge is 2.46. The largest absolute Gasteiger partial charge is 0.507 e. The van der Waals surface area contributed by atoms with Gasteiger partial charge in [0.05, 0.1) is 36.1 Å². The number of hydrogen-bond acceptors (Lipinski definition) is 6. The number of ketones is 1. The third kappa shape index (κ3) is 4.05. The third-order valence-corrected chi connectivity index (χ3v) is 6.48. The highest BCUT2D eigenvalue weighted by Crippen LogP contribution is 2.40. The van der Waals surface area contributed by atoms with Gasteiger partial charge in [0.2, 0.25) is 0 Å². The van der Waals surface area contributed by atoms with E-state index in [9.17, 15) is 14.7 Å². The normalized spacial score (nSPS) is 21.5. The first-order chi connectivity index (χ1) is 15.3. The molecule has 0 bridgehead atoms. The van der Waals surface area contributed by atoms with E-state index in [1.165, 1.54) is 0 Å². The lowest BCUT2D eigenvalue weighted by Gasteiger charge is -2.31. The van der Waals surface area contributed by atoms with Crippen molar-refractivity contribution in [2.45, 2.75) is 19.9 Å². The molecule has 0 spiro atoms. The van der Waals surface area contributed by atoms with Gasteiger partial charge in [0.15, 0.2) is 0 Å². The first kappa shape index (κ1) is 22.5. The fourth-order valence-corrected chi connectivity index (χ4v) is 4.55. The summed E-state index contributed by atoms with van der Waals surface area (Å²) in [6.45, 7) is 7.44. The van der Waals surface area contributed by atoms with Crippen LogP contribution in [0, 0.1) is 13.8 Å². The van der Waals surface area contributed by atoms with Crippen LogP contribution in [0.4, 0.5) is 0 Å². The summed E-state index contributed by atoms with van der Waals surface area (Å²) in [6, 6.07) is 6.32. The van der Waals surface area contributed by atoms with E-state index in [-0.39, 0.29) is 11.3 Å². The number of benzene rings is 1. The second-order valence-corrected chi connectivity index (χ2v) is 8.60. The molecule has 32 heavy (non-hydrogen) atoms. The van der Waals surface area contributed by atoms with Gasteiger partial charge in [-0.2, -0.15) is 5.10 Å². The van der Waals surface area contributed by atoms with Crippen LogP contribution in [0.2, 0.25) is 5.02 Å². The van der Waals surface area contributed by atoms with Crippen molar-refractivity contribution in [2.24, 2.45) is 7.05 Å².